The number of aromatic hydroxyl groups is 1. The second-order valence-electron chi connectivity index (χ2n) is 3.84. The van der Waals surface area contributed by atoms with Crippen LogP contribution in [0.25, 0.3) is 0 Å². The molecule has 2 aromatic rings. The van der Waals surface area contributed by atoms with Crippen LogP contribution in [0.15, 0.2) is 53.4 Å². The summed E-state index contributed by atoms with van der Waals surface area (Å²) in [6, 6.07) is 12.6. The molecule has 0 aliphatic heterocycles. The molecule has 0 saturated carbocycles. The molecule has 0 unspecified atom stereocenters. The Bertz CT molecular complexity index is 753. The summed E-state index contributed by atoms with van der Waals surface area (Å²) in [5.74, 6) is 5.73. The summed E-state index contributed by atoms with van der Waals surface area (Å²) in [4.78, 5) is 0.00118. The van der Waals surface area contributed by atoms with Gasteiger partial charge >= 0.3 is 0 Å². The lowest BCUT2D eigenvalue weighted by atomic mass is 10.2. The fraction of sp³-hybridized carbons (Fsp3) is 0. The molecular formula is C14H11NO3S. The van der Waals surface area contributed by atoms with Gasteiger partial charge in [0, 0.05) is 11.1 Å². The third-order valence-corrected chi connectivity index (χ3v) is 3.37. The van der Waals surface area contributed by atoms with Crippen molar-refractivity contribution in [3.63, 3.8) is 0 Å². The van der Waals surface area contributed by atoms with Gasteiger partial charge in [-0.2, -0.15) is 0 Å². The van der Waals surface area contributed by atoms with E-state index in [4.69, 9.17) is 10.2 Å². The number of phenolic OH excluding ortho intramolecular Hbond substituents is 1. The second-order valence-corrected chi connectivity index (χ2v) is 5.37. The van der Waals surface area contributed by atoms with Gasteiger partial charge in [0.15, 0.2) is 0 Å². The number of hydrogen-bond donors (Lipinski definition) is 2. The van der Waals surface area contributed by atoms with Crippen molar-refractivity contribution < 1.29 is 13.5 Å². The molecule has 0 atom stereocenters. The molecule has 96 valence electrons. The van der Waals surface area contributed by atoms with Gasteiger partial charge < -0.3 is 5.11 Å². The largest absolute Gasteiger partial charge is 0.508 e. The lowest BCUT2D eigenvalue weighted by molar-refractivity contribution is 0.475. The Labute approximate surface area is 111 Å². The number of benzene rings is 2. The maximum absolute atomic E-state index is 11.4. The minimum atomic E-state index is -3.79. The first-order valence-electron chi connectivity index (χ1n) is 5.40. The fourth-order valence-corrected chi connectivity index (χ4v) is 2.20. The minimum Gasteiger partial charge on any atom is -0.508 e. The lowest BCUT2D eigenvalue weighted by Gasteiger charge is -2.00. The van der Waals surface area contributed by atoms with Gasteiger partial charge in [-0.1, -0.05) is 24.0 Å². The van der Waals surface area contributed by atoms with Crippen LogP contribution in [-0.4, -0.2) is 13.5 Å². The quantitative estimate of drug-likeness (QED) is 0.771. The van der Waals surface area contributed by atoms with Crippen molar-refractivity contribution in [1.82, 2.24) is 0 Å². The Balaban J connectivity index is 2.43. The van der Waals surface area contributed by atoms with Gasteiger partial charge in [0.25, 0.3) is 0 Å². The minimum absolute atomic E-state index is 0.00118. The summed E-state index contributed by atoms with van der Waals surface area (Å²) in [6.07, 6.45) is 0. The Hall–Kier alpha value is -2.29. The average molecular weight is 273 g/mol. The lowest BCUT2D eigenvalue weighted by Crippen LogP contribution is -2.13. The van der Waals surface area contributed by atoms with Crippen molar-refractivity contribution >= 4 is 10.0 Å². The number of nitrogens with two attached hydrogens (primary N) is 1. The van der Waals surface area contributed by atoms with Crippen LogP contribution in [-0.2, 0) is 10.0 Å². The molecule has 2 rings (SSSR count). The van der Waals surface area contributed by atoms with E-state index in [1.54, 1.807) is 30.3 Å². The van der Waals surface area contributed by atoms with E-state index in [-0.39, 0.29) is 10.6 Å². The van der Waals surface area contributed by atoms with Gasteiger partial charge in [-0.3, -0.25) is 0 Å². The molecule has 0 amide bonds. The molecule has 0 aliphatic carbocycles. The maximum Gasteiger partial charge on any atom is 0.239 e. The fourth-order valence-electron chi connectivity index (χ4n) is 1.50. The van der Waals surface area contributed by atoms with Crippen molar-refractivity contribution in [2.45, 2.75) is 4.90 Å². The van der Waals surface area contributed by atoms with E-state index in [1.165, 1.54) is 18.2 Å². The summed E-state index contributed by atoms with van der Waals surface area (Å²) in [7, 11) is -3.79. The molecule has 0 bridgehead atoms. The van der Waals surface area contributed by atoms with Crippen LogP contribution in [0.1, 0.15) is 11.1 Å². The molecule has 2 aromatic carbocycles. The molecule has 0 fully saturated rings. The highest BCUT2D eigenvalue weighted by molar-refractivity contribution is 7.89. The van der Waals surface area contributed by atoms with Gasteiger partial charge in [-0.25, -0.2) is 13.6 Å². The number of sulfonamides is 1. The predicted molar refractivity (Wildman–Crippen MR) is 71.9 cm³/mol. The summed E-state index contributed by atoms with van der Waals surface area (Å²) in [5, 5.41) is 14.3. The Morgan fingerprint density at radius 2 is 1.58 bits per heavy atom. The average Bonchev–Trinajstić information content (AvgIpc) is 2.37. The number of hydrogen-bond acceptors (Lipinski definition) is 3. The molecular weight excluding hydrogens is 262 g/mol. The molecule has 4 nitrogen and oxygen atoms in total. The summed E-state index contributed by atoms with van der Waals surface area (Å²) in [6.45, 7) is 0. The van der Waals surface area contributed by atoms with E-state index in [1.807, 2.05) is 0 Å². The summed E-state index contributed by atoms with van der Waals surface area (Å²) in [5.41, 5.74) is 1.01. The van der Waals surface area contributed by atoms with E-state index in [0.29, 0.717) is 11.1 Å². The Morgan fingerprint density at radius 1 is 0.947 bits per heavy atom. The van der Waals surface area contributed by atoms with Crippen LogP contribution < -0.4 is 5.14 Å². The Morgan fingerprint density at radius 3 is 2.21 bits per heavy atom. The van der Waals surface area contributed by atoms with E-state index in [9.17, 15) is 8.42 Å². The van der Waals surface area contributed by atoms with E-state index in [2.05, 4.69) is 11.8 Å². The number of primary sulfonamides is 1. The van der Waals surface area contributed by atoms with Crippen LogP contribution in [0.2, 0.25) is 0 Å². The molecule has 0 aromatic heterocycles. The van der Waals surface area contributed by atoms with Gasteiger partial charge in [0.2, 0.25) is 10.0 Å². The molecule has 0 heterocycles. The molecule has 0 aliphatic rings. The highest BCUT2D eigenvalue weighted by Gasteiger charge is 2.11. The first-order valence-corrected chi connectivity index (χ1v) is 6.94. The van der Waals surface area contributed by atoms with E-state index in [0.717, 1.165) is 0 Å². The third-order valence-electron chi connectivity index (χ3n) is 2.40. The molecule has 0 saturated heterocycles. The zero-order valence-electron chi connectivity index (χ0n) is 9.87. The maximum atomic E-state index is 11.4. The second kappa shape index (κ2) is 5.14. The monoisotopic (exact) mass is 273 g/mol. The summed E-state index contributed by atoms with van der Waals surface area (Å²) < 4.78 is 22.8. The first-order chi connectivity index (χ1) is 8.97. The number of rotatable bonds is 1. The normalized spacial score (nSPS) is 10.6. The molecule has 0 radical (unpaired) electrons. The van der Waals surface area contributed by atoms with Crippen LogP contribution in [0, 0.1) is 11.8 Å². The third kappa shape index (κ3) is 3.35. The topological polar surface area (TPSA) is 80.4 Å². The van der Waals surface area contributed by atoms with E-state index >= 15 is 0 Å². The van der Waals surface area contributed by atoms with Gasteiger partial charge in [0.1, 0.15) is 5.75 Å². The SMILES string of the molecule is NS(=O)(=O)c1ccccc1C#Cc1ccc(O)cc1. The van der Waals surface area contributed by atoms with Crippen LogP contribution >= 0.6 is 0 Å². The molecule has 5 heteroatoms. The van der Waals surface area contributed by atoms with Gasteiger partial charge in [-0.15, -0.1) is 0 Å². The van der Waals surface area contributed by atoms with Crippen molar-refractivity contribution in [3.8, 4) is 17.6 Å². The van der Waals surface area contributed by atoms with E-state index < -0.39 is 10.0 Å². The van der Waals surface area contributed by atoms with Crippen molar-refractivity contribution in [1.29, 1.82) is 0 Å². The first kappa shape index (κ1) is 13.1. The highest BCUT2D eigenvalue weighted by Crippen LogP contribution is 2.13. The van der Waals surface area contributed by atoms with Crippen molar-refractivity contribution in [2.24, 2.45) is 5.14 Å². The Kier molecular flexibility index (Phi) is 3.56. The van der Waals surface area contributed by atoms with Crippen LogP contribution in [0.4, 0.5) is 0 Å². The van der Waals surface area contributed by atoms with Crippen LogP contribution in [0.3, 0.4) is 0 Å². The van der Waals surface area contributed by atoms with Crippen LogP contribution in [0.5, 0.6) is 5.75 Å². The molecule has 3 N–H and O–H groups in total. The molecule has 19 heavy (non-hydrogen) atoms. The smallest absolute Gasteiger partial charge is 0.239 e. The van der Waals surface area contributed by atoms with Crippen molar-refractivity contribution in [2.75, 3.05) is 0 Å². The predicted octanol–water partition coefficient (Wildman–Crippen LogP) is 1.44. The van der Waals surface area contributed by atoms with Gasteiger partial charge in [-0.05, 0) is 36.4 Å². The van der Waals surface area contributed by atoms with Crippen molar-refractivity contribution in [3.05, 3.63) is 59.7 Å². The zero-order valence-corrected chi connectivity index (χ0v) is 10.7. The van der Waals surface area contributed by atoms with Gasteiger partial charge in [0.05, 0.1) is 4.90 Å². The highest BCUT2D eigenvalue weighted by atomic mass is 32.2. The standard InChI is InChI=1S/C14H11NO3S/c15-19(17,18)14-4-2-1-3-12(14)8-5-11-6-9-13(16)10-7-11/h1-4,6-7,9-10,16H,(H2,15,17,18). The zero-order chi connectivity index (χ0) is 13.9. The summed E-state index contributed by atoms with van der Waals surface area (Å²) >= 11 is 0. The number of phenols is 1. The molecule has 0 spiro atoms.